The van der Waals surface area contributed by atoms with E-state index < -0.39 is 0 Å². The lowest BCUT2D eigenvalue weighted by Crippen LogP contribution is -2.44. The summed E-state index contributed by atoms with van der Waals surface area (Å²) in [6.07, 6.45) is 5.35. The van der Waals surface area contributed by atoms with Crippen molar-refractivity contribution in [1.29, 1.82) is 0 Å². The van der Waals surface area contributed by atoms with E-state index in [9.17, 15) is 0 Å². The molecule has 3 nitrogen and oxygen atoms in total. The van der Waals surface area contributed by atoms with E-state index >= 15 is 0 Å². The third-order valence-corrected chi connectivity index (χ3v) is 5.41. The Labute approximate surface area is 125 Å². The Morgan fingerprint density at radius 2 is 2.00 bits per heavy atom. The molecule has 0 amide bonds. The maximum atomic E-state index is 5.56. The fraction of sp³-hybridized carbons (Fsp3) is 1.00. The summed E-state index contributed by atoms with van der Waals surface area (Å²) >= 11 is 0. The van der Waals surface area contributed by atoms with Crippen LogP contribution < -0.4 is 5.32 Å². The number of nitrogens with zero attached hydrogens (tertiary/aromatic N) is 1. The fourth-order valence-electron chi connectivity index (χ4n) is 3.83. The van der Waals surface area contributed by atoms with Gasteiger partial charge in [0.1, 0.15) is 0 Å². The average molecular weight is 282 g/mol. The molecule has 0 bridgehead atoms. The Morgan fingerprint density at radius 3 is 2.60 bits per heavy atom. The van der Waals surface area contributed by atoms with Crippen molar-refractivity contribution in [2.45, 2.75) is 52.5 Å². The van der Waals surface area contributed by atoms with Gasteiger partial charge in [0.25, 0.3) is 0 Å². The number of nitrogens with one attached hydrogen (secondary N) is 1. The fourth-order valence-corrected chi connectivity index (χ4v) is 3.83. The Kier molecular flexibility index (Phi) is 5.88. The number of rotatable bonds is 4. The highest BCUT2D eigenvalue weighted by molar-refractivity contribution is 4.84. The quantitative estimate of drug-likeness (QED) is 0.858. The van der Waals surface area contributed by atoms with Crippen LogP contribution in [0.25, 0.3) is 0 Å². The van der Waals surface area contributed by atoms with E-state index in [2.05, 4.69) is 38.0 Å². The summed E-state index contributed by atoms with van der Waals surface area (Å²) in [4.78, 5) is 2.69. The molecule has 2 saturated heterocycles. The van der Waals surface area contributed by atoms with Gasteiger partial charge >= 0.3 is 0 Å². The van der Waals surface area contributed by atoms with Crippen LogP contribution in [-0.4, -0.2) is 50.8 Å². The minimum atomic E-state index is 0.470. The Balaban J connectivity index is 1.83. The van der Waals surface area contributed by atoms with Crippen molar-refractivity contribution in [3.63, 3.8) is 0 Å². The lowest BCUT2D eigenvalue weighted by Gasteiger charge is -2.31. The zero-order valence-electron chi connectivity index (χ0n) is 14.0. The van der Waals surface area contributed by atoms with Crippen molar-refractivity contribution < 1.29 is 4.74 Å². The normalized spacial score (nSPS) is 31.2. The van der Waals surface area contributed by atoms with E-state index in [1.165, 1.54) is 45.3 Å². The SMILES string of the molecule is CNC(CN1CCCC(C(C)(C)C)CC1)C1CCOC1. The van der Waals surface area contributed by atoms with E-state index in [1.54, 1.807) is 0 Å². The molecule has 0 spiro atoms. The van der Waals surface area contributed by atoms with Crippen LogP contribution in [0.2, 0.25) is 0 Å². The molecule has 0 aromatic rings. The van der Waals surface area contributed by atoms with E-state index in [1.807, 2.05) is 0 Å². The highest BCUT2D eigenvalue weighted by Crippen LogP contribution is 2.34. The van der Waals surface area contributed by atoms with Crippen molar-refractivity contribution in [3.8, 4) is 0 Å². The molecule has 3 heteroatoms. The highest BCUT2D eigenvalue weighted by atomic mass is 16.5. The van der Waals surface area contributed by atoms with Crippen molar-refractivity contribution >= 4 is 0 Å². The topological polar surface area (TPSA) is 24.5 Å². The molecule has 2 fully saturated rings. The summed E-state index contributed by atoms with van der Waals surface area (Å²) < 4.78 is 5.56. The predicted molar refractivity (Wildman–Crippen MR) is 85.0 cm³/mol. The summed E-state index contributed by atoms with van der Waals surface area (Å²) in [5, 5.41) is 3.53. The first-order valence-corrected chi connectivity index (χ1v) is 8.48. The lowest BCUT2D eigenvalue weighted by atomic mass is 9.77. The van der Waals surface area contributed by atoms with Crippen molar-refractivity contribution in [1.82, 2.24) is 10.2 Å². The molecule has 1 N–H and O–H groups in total. The van der Waals surface area contributed by atoms with Gasteiger partial charge in [-0.2, -0.15) is 0 Å². The number of likely N-dealkylation sites (tertiary alicyclic amines) is 1. The first-order chi connectivity index (χ1) is 9.50. The Hall–Kier alpha value is -0.120. The molecule has 0 aromatic heterocycles. The first kappa shape index (κ1) is 16.3. The summed E-state index contributed by atoms with van der Waals surface area (Å²) in [6, 6.07) is 0.601. The number of ether oxygens (including phenoxy) is 1. The predicted octanol–water partition coefficient (Wildman–Crippen LogP) is 2.76. The van der Waals surface area contributed by atoms with Gasteiger partial charge in [-0.1, -0.05) is 20.8 Å². The minimum Gasteiger partial charge on any atom is -0.381 e. The van der Waals surface area contributed by atoms with Gasteiger partial charge in [-0.3, -0.25) is 0 Å². The van der Waals surface area contributed by atoms with Crippen LogP contribution in [-0.2, 0) is 4.74 Å². The molecule has 118 valence electrons. The van der Waals surface area contributed by atoms with Crippen LogP contribution in [0.1, 0.15) is 46.5 Å². The van der Waals surface area contributed by atoms with Crippen LogP contribution in [0.4, 0.5) is 0 Å². The van der Waals surface area contributed by atoms with Gasteiger partial charge in [-0.05, 0) is 57.2 Å². The molecule has 0 radical (unpaired) electrons. The van der Waals surface area contributed by atoms with Crippen LogP contribution in [0, 0.1) is 17.3 Å². The molecule has 0 aromatic carbocycles. The zero-order valence-corrected chi connectivity index (χ0v) is 14.0. The number of hydrogen-bond donors (Lipinski definition) is 1. The summed E-state index contributed by atoms with van der Waals surface area (Å²) in [5.41, 5.74) is 0.470. The standard InChI is InChI=1S/C17H34N2O/c1-17(2,3)15-6-5-9-19(10-7-15)12-16(18-4)14-8-11-20-13-14/h14-16,18H,5-13H2,1-4H3. The second-order valence-electron chi connectivity index (χ2n) is 7.81. The van der Waals surface area contributed by atoms with Crippen LogP contribution in [0.5, 0.6) is 0 Å². The van der Waals surface area contributed by atoms with Crippen LogP contribution in [0.3, 0.4) is 0 Å². The zero-order chi connectivity index (χ0) is 14.6. The number of hydrogen-bond acceptors (Lipinski definition) is 3. The highest BCUT2D eigenvalue weighted by Gasteiger charge is 2.30. The Morgan fingerprint density at radius 1 is 1.20 bits per heavy atom. The van der Waals surface area contributed by atoms with Gasteiger partial charge in [-0.15, -0.1) is 0 Å². The van der Waals surface area contributed by atoms with Gasteiger partial charge in [0.2, 0.25) is 0 Å². The smallest absolute Gasteiger partial charge is 0.0510 e. The van der Waals surface area contributed by atoms with Gasteiger partial charge in [0.15, 0.2) is 0 Å². The molecule has 2 aliphatic heterocycles. The molecule has 2 aliphatic rings. The average Bonchev–Trinajstić information content (AvgIpc) is 2.80. The molecule has 2 heterocycles. The Bertz CT molecular complexity index is 281. The molecule has 3 atom stereocenters. The monoisotopic (exact) mass is 282 g/mol. The molecule has 2 rings (SSSR count). The van der Waals surface area contributed by atoms with Gasteiger partial charge in [0, 0.05) is 25.1 Å². The van der Waals surface area contributed by atoms with E-state index in [0.717, 1.165) is 19.1 Å². The summed E-state index contributed by atoms with van der Waals surface area (Å²) in [6.45, 7) is 12.9. The molecular weight excluding hydrogens is 248 g/mol. The summed E-state index contributed by atoms with van der Waals surface area (Å²) in [5.74, 6) is 1.59. The maximum Gasteiger partial charge on any atom is 0.0510 e. The second-order valence-corrected chi connectivity index (χ2v) is 7.81. The first-order valence-electron chi connectivity index (χ1n) is 8.48. The van der Waals surface area contributed by atoms with E-state index in [0.29, 0.717) is 17.4 Å². The summed E-state index contributed by atoms with van der Waals surface area (Å²) in [7, 11) is 2.11. The van der Waals surface area contributed by atoms with Crippen LogP contribution in [0.15, 0.2) is 0 Å². The van der Waals surface area contributed by atoms with Crippen LogP contribution >= 0.6 is 0 Å². The van der Waals surface area contributed by atoms with Crippen molar-refractivity contribution in [2.24, 2.45) is 17.3 Å². The van der Waals surface area contributed by atoms with Gasteiger partial charge < -0.3 is 15.0 Å². The van der Waals surface area contributed by atoms with Crippen molar-refractivity contribution in [2.75, 3.05) is 39.9 Å². The lowest BCUT2D eigenvalue weighted by molar-refractivity contribution is 0.161. The third-order valence-electron chi connectivity index (χ3n) is 5.41. The molecule has 20 heavy (non-hydrogen) atoms. The molecular formula is C17H34N2O. The maximum absolute atomic E-state index is 5.56. The van der Waals surface area contributed by atoms with Gasteiger partial charge in [-0.25, -0.2) is 0 Å². The molecule has 0 saturated carbocycles. The third kappa shape index (κ3) is 4.44. The van der Waals surface area contributed by atoms with Gasteiger partial charge in [0.05, 0.1) is 6.61 Å². The number of likely N-dealkylation sites (N-methyl/N-ethyl adjacent to an activating group) is 1. The van der Waals surface area contributed by atoms with E-state index in [-0.39, 0.29) is 0 Å². The molecule has 0 aliphatic carbocycles. The molecule has 3 unspecified atom stereocenters. The largest absolute Gasteiger partial charge is 0.381 e. The van der Waals surface area contributed by atoms with E-state index in [4.69, 9.17) is 4.74 Å². The minimum absolute atomic E-state index is 0.470. The second kappa shape index (κ2) is 7.24. The van der Waals surface area contributed by atoms with Crippen molar-refractivity contribution in [3.05, 3.63) is 0 Å².